The van der Waals surface area contributed by atoms with Crippen molar-refractivity contribution in [2.75, 3.05) is 5.32 Å². The van der Waals surface area contributed by atoms with Crippen LogP contribution in [-0.4, -0.2) is 5.91 Å². The highest BCUT2D eigenvalue weighted by molar-refractivity contribution is 6.31. The summed E-state index contributed by atoms with van der Waals surface area (Å²) in [7, 11) is 0. The van der Waals surface area contributed by atoms with Crippen molar-refractivity contribution in [2.24, 2.45) is 0 Å². The predicted octanol–water partition coefficient (Wildman–Crippen LogP) is 5.15. The number of carbonyl (C=O) groups excluding carboxylic acids is 1. The number of nitrogens with one attached hydrogen (secondary N) is 1. The van der Waals surface area contributed by atoms with Gasteiger partial charge in [0.15, 0.2) is 0 Å². The lowest BCUT2D eigenvalue weighted by molar-refractivity contribution is -0.137. The summed E-state index contributed by atoms with van der Waals surface area (Å²) in [4.78, 5) is 11.7. The Bertz CT molecular complexity index is 756. The molecule has 0 unspecified atom stereocenters. The lowest BCUT2D eigenvalue weighted by atomic mass is 10.1. The predicted molar refractivity (Wildman–Crippen MR) is 80.5 cm³/mol. The first-order valence-corrected chi connectivity index (χ1v) is 6.75. The topological polar surface area (TPSA) is 29.1 Å². The van der Waals surface area contributed by atoms with Crippen LogP contribution in [0.5, 0.6) is 0 Å². The van der Waals surface area contributed by atoms with Gasteiger partial charge in [-0.3, -0.25) is 4.79 Å². The molecule has 0 bridgehead atoms. The summed E-state index contributed by atoms with van der Waals surface area (Å²) >= 11 is 5.57. The van der Waals surface area contributed by atoms with Gasteiger partial charge in [-0.2, -0.15) is 13.2 Å². The second-order valence-corrected chi connectivity index (χ2v) is 4.94. The summed E-state index contributed by atoms with van der Waals surface area (Å²) in [5.74, 6) is -1.30. The van der Waals surface area contributed by atoms with Crippen LogP contribution in [0.25, 0.3) is 6.08 Å². The number of anilines is 1. The first-order valence-electron chi connectivity index (χ1n) is 6.38. The molecule has 1 amide bonds. The van der Waals surface area contributed by atoms with E-state index in [9.17, 15) is 22.4 Å². The summed E-state index contributed by atoms with van der Waals surface area (Å²) in [6.07, 6.45) is -2.49. The van der Waals surface area contributed by atoms with Crippen molar-refractivity contribution in [3.05, 3.63) is 70.5 Å². The largest absolute Gasteiger partial charge is 0.416 e. The van der Waals surface area contributed by atoms with Crippen LogP contribution in [0.15, 0.2) is 48.5 Å². The zero-order chi connectivity index (χ0) is 17.0. The third-order valence-electron chi connectivity index (χ3n) is 2.87. The number of hydrogen-bond donors (Lipinski definition) is 1. The molecule has 0 aliphatic carbocycles. The van der Waals surface area contributed by atoms with Gasteiger partial charge in [-0.25, -0.2) is 4.39 Å². The van der Waals surface area contributed by atoms with Crippen molar-refractivity contribution in [3.8, 4) is 0 Å². The molecule has 0 radical (unpaired) electrons. The van der Waals surface area contributed by atoms with Gasteiger partial charge in [-0.15, -0.1) is 0 Å². The first kappa shape index (κ1) is 17.0. The zero-order valence-electron chi connectivity index (χ0n) is 11.5. The molecule has 7 heteroatoms. The van der Waals surface area contributed by atoms with Crippen molar-refractivity contribution in [1.82, 2.24) is 0 Å². The lowest BCUT2D eigenvalue weighted by Gasteiger charge is -2.09. The van der Waals surface area contributed by atoms with E-state index >= 15 is 0 Å². The fraction of sp³-hybridized carbons (Fsp3) is 0.0625. The van der Waals surface area contributed by atoms with Gasteiger partial charge >= 0.3 is 6.18 Å². The molecule has 1 N–H and O–H groups in total. The molecule has 0 heterocycles. The Labute approximate surface area is 134 Å². The van der Waals surface area contributed by atoms with Crippen LogP contribution in [0.2, 0.25) is 5.02 Å². The van der Waals surface area contributed by atoms with Crippen LogP contribution >= 0.6 is 11.6 Å². The number of rotatable bonds is 3. The Kier molecular flexibility index (Phi) is 5.05. The summed E-state index contributed by atoms with van der Waals surface area (Å²) < 4.78 is 51.4. The van der Waals surface area contributed by atoms with E-state index in [0.29, 0.717) is 0 Å². The van der Waals surface area contributed by atoms with Crippen molar-refractivity contribution >= 4 is 29.3 Å². The standard InChI is InChI=1S/C16H10ClF4NO/c17-13-9-11(6-7-14(13)18)22-15(23)8-5-10-3-1-2-4-12(10)16(19,20)21/h1-9H,(H,22,23)/b8-5+. The second-order valence-electron chi connectivity index (χ2n) is 4.54. The summed E-state index contributed by atoms with van der Waals surface area (Å²) in [5.41, 5.74) is -0.740. The molecule has 2 aromatic rings. The third kappa shape index (κ3) is 4.56. The van der Waals surface area contributed by atoms with Gasteiger partial charge in [-0.1, -0.05) is 29.8 Å². The SMILES string of the molecule is O=C(/C=C/c1ccccc1C(F)(F)F)Nc1ccc(F)c(Cl)c1. The molecule has 0 aliphatic heterocycles. The van der Waals surface area contributed by atoms with Crippen molar-refractivity contribution < 1.29 is 22.4 Å². The highest BCUT2D eigenvalue weighted by Gasteiger charge is 2.32. The molecule has 0 aromatic heterocycles. The van der Waals surface area contributed by atoms with Gasteiger partial charge in [0.05, 0.1) is 10.6 Å². The molecule has 0 spiro atoms. The molecule has 0 fully saturated rings. The van der Waals surface area contributed by atoms with Crippen molar-refractivity contribution in [1.29, 1.82) is 0 Å². The number of halogens is 5. The van der Waals surface area contributed by atoms with E-state index in [0.717, 1.165) is 24.3 Å². The minimum absolute atomic E-state index is 0.132. The zero-order valence-corrected chi connectivity index (χ0v) is 12.3. The maximum absolute atomic E-state index is 13.0. The maximum atomic E-state index is 13.0. The number of amides is 1. The number of alkyl halides is 3. The molecule has 2 rings (SSSR count). The van der Waals surface area contributed by atoms with Crippen LogP contribution in [-0.2, 0) is 11.0 Å². The van der Waals surface area contributed by atoms with Crippen molar-refractivity contribution in [3.63, 3.8) is 0 Å². The number of hydrogen-bond acceptors (Lipinski definition) is 1. The Hall–Kier alpha value is -2.34. The smallest absolute Gasteiger partial charge is 0.322 e. The average Bonchev–Trinajstić information content (AvgIpc) is 2.48. The van der Waals surface area contributed by atoms with Gasteiger partial charge in [0.2, 0.25) is 5.91 Å². The molecule has 0 saturated carbocycles. The molecule has 2 aromatic carbocycles. The van der Waals surface area contributed by atoms with E-state index in [1.807, 2.05) is 0 Å². The van der Waals surface area contributed by atoms with Gasteiger partial charge < -0.3 is 5.32 Å². The van der Waals surface area contributed by atoms with E-state index in [1.165, 1.54) is 30.3 Å². The molecule has 23 heavy (non-hydrogen) atoms. The van der Waals surface area contributed by atoms with Gasteiger partial charge in [0.1, 0.15) is 5.82 Å². The second kappa shape index (κ2) is 6.83. The van der Waals surface area contributed by atoms with E-state index in [-0.39, 0.29) is 16.3 Å². The quantitative estimate of drug-likeness (QED) is 0.606. The van der Waals surface area contributed by atoms with E-state index in [4.69, 9.17) is 11.6 Å². The summed E-state index contributed by atoms with van der Waals surface area (Å²) in [5, 5.41) is 2.21. The molecular formula is C16H10ClF4NO. The number of benzene rings is 2. The van der Waals surface area contributed by atoms with E-state index in [2.05, 4.69) is 5.32 Å². The fourth-order valence-corrected chi connectivity index (χ4v) is 2.00. The van der Waals surface area contributed by atoms with Crippen LogP contribution in [0.3, 0.4) is 0 Å². The molecule has 0 saturated heterocycles. The Balaban J connectivity index is 2.14. The van der Waals surface area contributed by atoms with Crippen molar-refractivity contribution in [2.45, 2.75) is 6.18 Å². The normalized spacial score (nSPS) is 11.7. The van der Waals surface area contributed by atoms with Gasteiger partial charge in [0.25, 0.3) is 0 Å². The lowest BCUT2D eigenvalue weighted by Crippen LogP contribution is -2.09. The van der Waals surface area contributed by atoms with Crippen LogP contribution in [0, 0.1) is 5.82 Å². The Morgan fingerprint density at radius 1 is 1.13 bits per heavy atom. The highest BCUT2D eigenvalue weighted by atomic mass is 35.5. The first-order chi connectivity index (χ1) is 10.8. The van der Waals surface area contributed by atoms with Crippen LogP contribution in [0.4, 0.5) is 23.2 Å². The minimum Gasteiger partial charge on any atom is -0.322 e. The van der Waals surface area contributed by atoms with E-state index in [1.54, 1.807) is 0 Å². The van der Waals surface area contributed by atoms with Gasteiger partial charge in [0, 0.05) is 11.8 Å². The molecule has 0 aliphatic rings. The van der Waals surface area contributed by atoms with Gasteiger partial charge in [-0.05, 0) is 35.9 Å². The van der Waals surface area contributed by atoms with E-state index < -0.39 is 23.5 Å². The third-order valence-corrected chi connectivity index (χ3v) is 3.16. The molecule has 120 valence electrons. The summed E-state index contributed by atoms with van der Waals surface area (Å²) in [6, 6.07) is 8.44. The number of carbonyl (C=O) groups is 1. The average molecular weight is 344 g/mol. The Morgan fingerprint density at radius 2 is 1.83 bits per heavy atom. The Morgan fingerprint density at radius 3 is 2.48 bits per heavy atom. The molecule has 2 nitrogen and oxygen atoms in total. The highest BCUT2D eigenvalue weighted by Crippen LogP contribution is 2.32. The van der Waals surface area contributed by atoms with Crippen LogP contribution < -0.4 is 5.32 Å². The maximum Gasteiger partial charge on any atom is 0.416 e. The fourth-order valence-electron chi connectivity index (χ4n) is 1.82. The molecular weight excluding hydrogens is 334 g/mol. The summed E-state index contributed by atoms with van der Waals surface area (Å²) in [6.45, 7) is 0. The molecule has 0 atom stereocenters. The monoisotopic (exact) mass is 343 g/mol. The van der Waals surface area contributed by atoms with Crippen LogP contribution in [0.1, 0.15) is 11.1 Å². The minimum atomic E-state index is -4.51.